The Kier molecular flexibility index (Phi) is 2.82. The average Bonchev–Trinajstić information content (AvgIpc) is 3.15. The van der Waals surface area contributed by atoms with Crippen molar-refractivity contribution >= 4 is 0 Å². The van der Waals surface area contributed by atoms with Gasteiger partial charge in [0.25, 0.3) is 0 Å². The topological polar surface area (TPSA) is 77.6 Å². The highest BCUT2D eigenvalue weighted by atomic mass is 16.5. The summed E-state index contributed by atoms with van der Waals surface area (Å²) >= 11 is 0. The Morgan fingerprint density at radius 2 is 2.11 bits per heavy atom. The molecule has 3 aliphatic rings. The lowest BCUT2D eigenvalue weighted by atomic mass is 9.89. The molecule has 0 aliphatic carbocycles. The van der Waals surface area contributed by atoms with Crippen LogP contribution in [0.2, 0.25) is 0 Å². The van der Waals surface area contributed by atoms with Crippen LogP contribution in [0.5, 0.6) is 0 Å². The molecule has 1 aromatic rings. The standard InChI is InChI=1S/C13H18N2O4/c16-10-3-4-17-6-9(10)13-14-12(15-19-13)8-5-7-1-2-11(8)18-7/h7-11,16H,1-6H2. The maximum absolute atomic E-state index is 9.97. The zero-order chi connectivity index (χ0) is 12.8. The summed E-state index contributed by atoms with van der Waals surface area (Å²) in [7, 11) is 0. The molecule has 19 heavy (non-hydrogen) atoms. The minimum Gasteiger partial charge on any atom is -0.392 e. The van der Waals surface area contributed by atoms with Gasteiger partial charge < -0.3 is 19.1 Å². The minimum absolute atomic E-state index is 0.186. The maximum atomic E-state index is 9.97. The van der Waals surface area contributed by atoms with E-state index in [4.69, 9.17) is 14.0 Å². The smallest absolute Gasteiger partial charge is 0.234 e. The zero-order valence-corrected chi connectivity index (χ0v) is 10.7. The summed E-state index contributed by atoms with van der Waals surface area (Å²) in [4.78, 5) is 4.49. The Morgan fingerprint density at radius 3 is 2.84 bits per heavy atom. The molecule has 1 N–H and O–H groups in total. The van der Waals surface area contributed by atoms with E-state index in [9.17, 15) is 5.11 Å². The molecule has 3 aliphatic heterocycles. The van der Waals surface area contributed by atoms with E-state index < -0.39 is 6.10 Å². The van der Waals surface area contributed by atoms with Gasteiger partial charge >= 0.3 is 0 Å². The van der Waals surface area contributed by atoms with Crippen LogP contribution in [0.1, 0.15) is 49.2 Å². The van der Waals surface area contributed by atoms with Crippen molar-refractivity contribution in [1.82, 2.24) is 10.1 Å². The minimum atomic E-state index is -0.446. The summed E-state index contributed by atoms with van der Waals surface area (Å²) < 4.78 is 16.5. The van der Waals surface area contributed by atoms with E-state index >= 15 is 0 Å². The molecule has 4 heterocycles. The van der Waals surface area contributed by atoms with E-state index in [0.29, 0.717) is 31.6 Å². The molecule has 0 spiro atoms. The lowest BCUT2D eigenvalue weighted by molar-refractivity contribution is -0.0149. The molecule has 5 unspecified atom stereocenters. The summed E-state index contributed by atoms with van der Waals surface area (Å²) in [6, 6.07) is 0. The second kappa shape index (κ2) is 4.54. The van der Waals surface area contributed by atoms with Gasteiger partial charge in [0.1, 0.15) is 0 Å². The van der Waals surface area contributed by atoms with Crippen molar-refractivity contribution < 1.29 is 19.1 Å². The summed E-state index contributed by atoms with van der Waals surface area (Å²) in [5, 5.41) is 14.1. The molecule has 104 valence electrons. The van der Waals surface area contributed by atoms with E-state index in [1.807, 2.05) is 0 Å². The first-order valence-corrected chi connectivity index (χ1v) is 7.06. The van der Waals surface area contributed by atoms with E-state index in [-0.39, 0.29) is 17.9 Å². The molecule has 3 fully saturated rings. The third kappa shape index (κ3) is 1.98. The fourth-order valence-electron chi connectivity index (χ4n) is 3.42. The number of aliphatic hydroxyl groups excluding tert-OH is 1. The Labute approximate surface area is 111 Å². The van der Waals surface area contributed by atoms with E-state index in [1.165, 1.54) is 0 Å². The van der Waals surface area contributed by atoms with Crippen molar-refractivity contribution in [3.05, 3.63) is 11.7 Å². The number of aliphatic hydroxyl groups is 1. The van der Waals surface area contributed by atoms with Gasteiger partial charge in [-0.1, -0.05) is 5.16 Å². The van der Waals surface area contributed by atoms with E-state index in [0.717, 1.165) is 25.1 Å². The van der Waals surface area contributed by atoms with Crippen LogP contribution in [0.3, 0.4) is 0 Å². The lowest BCUT2D eigenvalue weighted by Gasteiger charge is -2.24. The normalized spacial score (nSPS) is 41.8. The summed E-state index contributed by atoms with van der Waals surface area (Å²) in [6.07, 6.45) is 4.05. The molecule has 5 atom stereocenters. The average molecular weight is 266 g/mol. The van der Waals surface area contributed by atoms with Crippen molar-refractivity contribution in [2.24, 2.45) is 0 Å². The van der Waals surface area contributed by atoms with Gasteiger partial charge in [-0.25, -0.2) is 0 Å². The van der Waals surface area contributed by atoms with Crippen LogP contribution in [-0.4, -0.2) is 46.8 Å². The van der Waals surface area contributed by atoms with Gasteiger partial charge in [0.15, 0.2) is 5.82 Å². The molecule has 3 saturated heterocycles. The number of aromatic nitrogens is 2. The third-order valence-corrected chi connectivity index (χ3v) is 4.53. The quantitative estimate of drug-likeness (QED) is 0.859. The predicted octanol–water partition coefficient (Wildman–Crippen LogP) is 0.969. The number of rotatable bonds is 2. The molecule has 0 amide bonds. The van der Waals surface area contributed by atoms with E-state index in [1.54, 1.807) is 0 Å². The molecule has 0 aromatic carbocycles. The van der Waals surface area contributed by atoms with Gasteiger partial charge in [-0.05, 0) is 25.7 Å². The Morgan fingerprint density at radius 1 is 1.16 bits per heavy atom. The number of hydrogen-bond donors (Lipinski definition) is 1. The number of fused-ring (bicyclic) bond motifs is 2. The molecule has 2 bridgehead atoms. The van der Waals surface area contributed by atoms with Gasteiger partial charge in [0, 0.05) is 6.61 Å². The first-order chi connectivity index (χ1) is 9.31. The van der Waals surface area contributed by atoms with Crippen molar-refractivity contribution in [1.29, 1.82) is 0 Å². The van der Waals surface area contributed by atoms with Gasteiger partial charge in [0.2, 0.25) is 5.89 Å². The molecular weight excluding hydrogens is 248 g/mol. The van der Waals surface area contributed by atoms with Crippen molar-refractivity contribution in [3.8, 4) is 0 Å². The van der Waals surface area contributed by atoms with Crippen LogP contribution in [0.4, 0.5) is 0 Å². The van der Waals surface area contributed by atoms with Crippen LogP contribution in [-0.2, 0) is 9.47 Å². The molecule has 4 rings (SSSR count). The number of ether oxygens (including phenoxy) is 2. The Balaban J connectivity index is 1.53. The van der Waals surface area contributed by atoms with Crippen LogP contribution in [0, 0.1) is 0 Å². The second-order valence-corrected chi connectivity index (χ2v) is 5.74. The van der Waals surface area contributed by atoms with Gasteiger partial charge in [-0.15, -0.1) is 0 Å². The third-order valence-electron chi connectivity index (χ3n) is 4.53. The summed E-state index contributed by atoms with van der Waals surface area (Å²) in [5.41, 5.74) is 0. The maximum Gasteiger partial charge on any atom is 0.234 e. The van der Waals surface area contributed by atoms with Crippen LogP contribution in [0.15, 0.2) is 4.52 Å². The highest BCUT2D eigenvalue weighted by molar-refractivity contribution is 5.08. The van der Waals surface area contributed by atoms with Gasteiger partial charge in [-0.2, -0.15) is 4.98 Å². The fourth-order valence-corrected chi connectivity index (χ4v) is 3.42. The first-order valence-electron chi connectivity index (χ1n) is 7.06. The first kappa shape index (κ1) is 11.8. The van der Waals surface area contributed by atoms with Crippen molar-refractivity contribution in [2.75, 3.05) is 13.2 Å². The number of hydrogen-bond acceptors (Lipinski definition) is 6. The monoisotopic (exact) mass is 266 g/mol. The van der Waals surface area contributed by atoms with Gasteiger partial charge in [0.05, 0.1) is 36.8 Å². The summed E-state index contributed by atoms with van der Waals surface area (Å²) in [5.74, 6) is 1.32. The Hall–Kier alpha value is -0.980. The highest BCUT2D eigenvalue weighted by Gasteiger charge is 2.44. The second-order valence-electron chi connectivity index (χ2n) is 5.74. The van der Waals surface area contributed by atoms with Crippen molar-refractivity contribution in [2.45, 2.75) is 55.8 Å². The van der Waals surface area contributed by atoms with Gasteiger partial charge in [-0.3, -0.25) is 0 Å². The highest BCUT2D eigenvalue weighted by Crippen LogP contribution is 2.43. The molecule has 0 saturated carbocycles. The molecular formula is C13H18N2O4. The van der Waals surface area contributed by atoms with Crippen LogP contribution in [0.25, 0.3) is 0 Å². The van der Waals surface area contributed by atoms with Crippen LogP contribution >= 0.6 is 0 Å². The summed E-state index contributed by atoms with van der Waals surface area (Å²) in [6.45, 7) is 1.05. The van der Waals surface area contributed by atoms with E-state index in [2.05, 4.69) is 10.1 Å². The molecule has 1 aromatic heterocycles. The van der Waals surface area contributed by atoms with Crippen LogP contribution < -0.4 is 0 Å². The largest absolute Gasteiger partial charge is 0.392 e. The zero-order valence-electron chi connectivity index (χ0n) is 10.7. The molecule has 0 radical (unpaired) electrons. The number of nitrogens with zero attached hydrogens (tertiary/aromatic N) is 2. The molecule has 6 nitrogen and oxygen atoms in total. The molecule has 6 heteroatoms. The Bertz CT molecular complexity index is 447. The van der Waals surface area contributed by atoms with Crippen molar-refractivity contribution in [3.63, 3.8) is 0 Å². The lowest BCUT2D eigenvalue weighted by Crippen LogP contribution is -2.30. The fraction of sp³-hybridized carbons (Fsp3) is 0.846. The predicted molar refractivity (Wildman–Crippen MR) is 63.7 cm³/mol. The SMILES string of the molecule is OC1CCOCC1c1nc(C2CC3CCC2O3)no1.